The maximum Gasteiger partial charge on any atom is 0.191 e. The van der Waals surface area contributed by atoms with E-state index in [4.69, 9.17) is 9.47 Å². The van der Waals surface area contributed by atoms with Crippen LogP contribution in [0.4, 0.5) is 0 Å². The van der Waals surface area contributed by atoms with E-state index in [9.17, 15) is 0 Å². The largest absolute Gasteiger partial charge is 0.382 e. The zero-order valence-corrected chi connectivity index (χ0v) is 13.9. The van der Waals surface area contributed by atoms with Crippen LogP contribution >= 0.6 is 0 Å². The van der Waals surface area contributed by atoms with Crippen LogP contribution in [0.2, 0.25) is 0 Å². The maximum absolute atomic E-state index is 5.85. The van der Waals surface area contributed by atoms with Gasteiger partial charge < -0.3 is 20.1 Å². The molecule has 2 N–H and O–H groups in total. The first kappa shape index (κ1) is 16.6. The van der Waals surface area contributed by atoms with Crippen molar-refractivity contribution in [2.24, 2.45) is 16.3 Å². The number of aliphatic imine (C=N–C) groups is 1. The minimum Gasteiger partial charge on any atom is -0.382 e. The fourth-order valence-corrected chi connectivity index (χ4v) is 3.59. The third kappa shape index (κ3) is 3.69. The zero-order chi connectivity index (χ0) is 15.3. The van der Waals surface area contributed by atoms with Crippen molar-refractivity contribution in [3.63, 3.8) is 0 Å². The Labute approximate surface area is 128 Å². The Hall–Kier alpha value is -0.810. The molecule has 5 heteroatoms. The van der Waals surface area contributed by atoms with Gasteiger partial charge in [0, 0.05) is 50.3 Å². The summed E-state index contributed by atoms with van der Waals surface area (Å²) in [6.07, 6.45) is 2.54. The molecule has 1 saturated heterocycles. The summed E-state index contributed by atoms with van der Waals surface area (Å²) in [5.41, 5.74) is 0.183. The first-order chi connectivity index (χ1) is 10.1. The summed E-state index contributed by atoms with van der Waals surface area (Å²) in [4.78, 5) is 4.66. The van der Waals surface area contributed by atoms with Crippen molar-refractivity contribution in [2.75, 3.05) is 32.9 Å². The number of fused-ring (bicyclic) bond motifs is 1. The molecule has 3 unspecified atom stereocenters. The van der Waals surface area contributed by atoms with Gasteiger partial charge in [0.05, 0.1) is 6.10 Å². The molecule has 0 radical (unpaired) electrons. The number of rotatable bonds is 7. The van der Waals surface area contributed by atoms with Crippen LogP contribution in [0, 0.1) is 11.3 Å². The van der Waals surface area contributed by atoms with Gasteiger partial charge >= 0.3 is 0 Å². The van der Waals surface area contributed by atoms with E-state index in [-0.39, 0.29) is 5.41 Å². The van der Waals surface area contributed by atoms with Gasteiger partial charge in [-0.1, -0.05) is 13.8 Å². The normalized spacial score (nSPS) is 30.7. The fourth-order valence-electron chi connectivity index (χ4n) is 3.59. The van der Waals surface area contributed by atoms with Gasteiger partial charge in [-0.2, -0.15) is 0 Å². The van der Waals surface area contributed by atoms with Crippen molar-refractivity contribution >= 4 is 5.96 Å². The monoisotopic (exact) mass is 297 g/mol. The molecule has 5 nitrogen and oxygen atoms in total. The van der Waals surface area contributed by atoms with E-state index in [0.29, 0.717) is 18.1 Å². The second-order valence-electron chi connectivity index (χ2n) is 6.50. The third-order valence-corrected chi connectivity index (χ3v) is 4.66. The molecule has 0 spiro atoms. The molecule has 0 amide bonds. The highest BCUT2D eigenvalue weighted by Crippen LogP contribution is 2.52. The first-order valence-corrected chi connectivity index (χ1v) is 8.35. The van der Waals surface area contributed by atoms with E-state index in [0.717, 1.165) is 51.7 Å². The lowest BCUT2D eigenvalue weighted by Gasteiger charge is -2.54. The zero-order valence-electron chi connectivity index (χ0n) is 13.9. The van der Waals surface area contributed by atoms with Gasteiger partial charge in [-0.25, -0.2) is 0 Å². The highest BCUT2D eigenvalue weighted by Gasteiger charge is 2.59. The summed E-state index contributed by atoms with van der Waals surface area (Å²) in [6, 6.07) is 0.453. The van der Waals surface area contributed by atoms with Crippen LogP contribution in [0.25, 0.3) is 0 Å². The van der Waals surface area contributed by atoms with Gasteiger partial charge in [-0.05, 0) is 26.7 Å². The van der Waals surface area contributed by atoms with Crippen molar-refractivity contribution in [2.45, 2.75) is 52.7 Å². The van der Waals surface area contributed by atoms with Gasteiger partial charge in [0.15, 0.2) is 5.96 Å². The number of hydrogen-bond donors (Lipinski definition) is 2. The van der Waals surface area contributed by atoms with Crippen molar-refractivity contribution in [1.29, 1.82) is 0 Å². The maximum atomic E-state index is 5.85. The quantitative estimate of drug-likeness (QED) is 0.427. The second kappa shape index (κ2) is 7.45. The number of nitrogens with zero attached hydrogens (tertiary/aromatic N) is 1. The highest BCUT2D eigenvalue weighted by molar-refractivity contribution is 5.80. The molecule has 1 heterocycles. The number of guanidine groups is 1. The molecule has 2 rings (SSSR count). The van der Waals surface area contributed by atoms with E-state index in [1.54, 1.807) is 0 Å². The molecular formula is C16H31N3O2. The molecule has 0 aromatic carbocycles. The molecule has 1 aliphatic heterocycles. The van der Waals surface area contributed by atoms with Crippen molar-refractivity contribution in [3.05, 3.63) is 0 Å². The SMILES string of the molecule is CCNC(=NCCCOCC)NC1C2CCOC2C1(C)C. The molecular weight excluding hydrogens is 266 g/mol. The number of hydrogen-bond acceptors (Lipinski definition) is 3. The number of ether oxygens (including phenoxy) is 2. The van der Waals surface area contributed by atoms with E-state index < -0.39 is 0 Å². The Morgan fingerprint density at radius 3 is 2.90 bits per heavy atom. The summed E-state index contributed by atoms with van der Waals surface area (Å²) >= 11 is 0. The summed E-state index contributed by atoms with van der Waals surface area (Å²) in [5.74, 6) is 1.56. The van der Waals surface area contributed by atoms with Crippen LogP contribution in [0.15, 0.2) is 4.99 Å². The van der Waals surface area contributed by atoms with E-state index in [1.807, 2.05) is 6.92 Å². The van der Waals surface area contributed by atoms with Crippen molar-refractivity contribution in [3.8, 4) is 0 Å². The Balaban J connectivity index is 1.85. The Kier molecular flexibility index (Phi) is 5.88. The Morgan fingerprint density at radius 1 is 1.38 bits per heavy atom. The number of nitrogens with one attached hydrogen (secondary N) is 2. The van der Waals surface area contributed by atoms with E-state index in [2.05, 4.69) is 36.4 Å². The van der Waals surface area contributed by atoms with E-state index >= 15 is 0 Å². The standard InChI is InChI=1S/C16H31N3O2/c1-5-17-15(18-9-7-10-20-6-2)19-13-12-8-11-21-14(12)16(13,3)4/h12-14H,5-11H2,1-4H3,(H2,17,18,19). The molecule has 0 aromatic rings. The third-order valence-electron chi connectivity index (χ3n) is 4.66. The predicted octanol–water partition coefficient (Wildman–Crippen LogP) is 1.78. The second-order valence-corrected chi connectivity index (χ2v) is 6.50. The smallest absolute Gasteiger partial charge is 0.191 e. The van der Waals surface area contributed by atoms with Gasteiger partial charge in [-0.15, -0.1) is 0 Å². The van der Waals surface area contributed by atoms with Gasteiger partial charge in [-0.3, -0.25) is 4.99 Å². The van der Waals surface area contributed by atoms with Gasteiger partial charge in [0.1, 0.15) is 0 Å². The van der Waals surface area contributed by atoms with Gasteiger partial charge in [0.2, 0.25) is 0 Å². The van der Waals surface area contributed by atoms with E-state index in [1.165, 1.54) is 0 Å². The molecule has 0 bridgehead atoms. The lowest BCUT2D eigenvalue weighted by atomic mass is 9.57. The van der Waals surface area contributed by atoms with Crippen molar-refractivity contribution < 1.29 is 9.47 Å². The Morgan fingerprint density at radius 2 is 2.19 bits per heavy atom. The minimum absolute atomic E-state index is 0.183. The fraction of sp³-hybridized carbons (Fsp3) is 0.938. The average Bonchev–Trinajstić information content (AvgIpc) is 2.91. The summed E-state index contributed by atoms with van der Waals surface area (Å²) in [5, 5.41) is 6.97. The lowest BCUT2D eigenvalue weighted by molar-refractivity contribution is -0.106. The lowest BCUT2D eigenvalue weighted by Crippen LogP contribution is -2.67. The molecule has 0 aromatic heterocycles. The summed E-state index contributed by atoms with van der Waals surface area (Å²) < 4.78 is 11.2. The molecule has 1 aliphatic carbocycles. The van der Waals surface area contributed by atoms with Gasteiger partial charge in [0.25, 0.3) is 0 Å². The summed E-state index contributed by atoms with van der Waals surface area (Å²) in [6.45, 7) is 12.8. The van der Waals surface area contributed by atoms with Crippen LogP contribution in [0.5, 0.6) is 0 Å². The highest BCUT2D eigenvalue weighted by atomic mass is 16.5. The minimum atomic E-state index is 0.183. The van der Waals surface area contributed by atoms with Crippen LogP contribution in [-0.4, -0.2) is 51.0 Å². The molecule has 2 aliphatic rings. The Bertz CT molecular complexity index is 357. The molecule has 2 fully saturated rings. The molecule has 3 atom stereocenters. The molecule has 21 heavy (non-hydrogen) atoms. The first-order valence-electron chi connectivity index (χ1n) is 8.35. The average molecular weight is 297 g/mol. The van der Waals surface area contributed by atoms with Crippen LogP contribution in [-0.2, 0) is 9.47 Å². The van der Waals surface area contributed by atoms with Crippen molar-refractivity contribution in [1.82, 2.24) is 10.6 Å². The summed E-state index contributed by atoms with van der Waals surface area (Å²) in [7, 11) is 0. The van der Waals surface area contributed by atoms with Crippen LogP contribution in [0.3, 0.4) is 0 Å². The van der Waals surface area contributed by atoms with Crippen LogP contribution in [0.1, 0.15) is 40.5 Å². The topological polar surface area (TPSA) is 54.9 Å². The predicted molar refractivity (Wildman–Crippen MR) is 85.6 cm³/mol. The molecule has 122 valence electrons. The molecule has 1 saturated carbocycles. The van der Waals surface area contributed by atoms with Crippen LogP contribution < -0.4 is 10.6 Å².